The molecule has 3 saturated carbocycles. The van der Waals surface area contributed by atoms with E-state index in [0.29, 0.717) is 23.7 Å². The zero-order chi connectivity index (χ0) is 11.5. The first-order chi connectivity index (χ1) is 7.48. The lowest BCUT2D eigenvalue weighted by Gasteiger charge is -2.27. The van der Waals surface area contributed by atoms with Crippen LogP contribution in [0.15, 0.2) is 0 Å². The molecule has 6 atom stereocenters. The minimum Gasteiger partial charge on any atom is -0.460 e. The molecule has 0 aliphatic heterocycles. The number of fused-ring (bicyclic) bond motifs is 5. The van der Waals surface area contributed by atoms with Gasteiger partial charge >= 0.3 is 5.97 Å². The zero-order valence-corrected chi connectivity index (χ0v) is 9.98. The van der Waals surface area contributed by atoms with E-state index in [1.54, 1.807) is 0 Å². The Morgan fingerprint density at radius 3 is 2.62 bits per heavy atom. The number of aliphatic hydroxyl groups is 1. The average molecular weight is 224 g/mol. The van der Waals surface area contributed by atoms with Gasteiger partial charge in [0.15, 0.2) is 0 Å². The Morgan fingerprint density at radius 2 is 1.94 bits per heavy atom. The van der Waals surface area contributed by atoms with Crippen molar-refractivity contribution in [2.45, 2.75) is 51.2 Å². The van der Waals surface area contributed by atoms with Crippen molar-refractivity contribution in [1.29, 1.82) is 0 Å². The number of ether oxygens (including phenoxy) is 1. The molecule has 3 aliphatic rings. The van der Waals surface area contributed by atoms with Gasteiger partial charge in [-0.3, -0.25) is 4.79 Å². The van der Waals surface area contributed by atoms with Gasteiger partial charge in [-0.15, -0.1) is 0 Å². The van der Waals surface area contributed by atoms with E-state index < -0.39 is 0 Å². The van der Waals surface area contributed by atoms with Crippen molar-refractivity contribution in [3.63, 3.8) is 0 Å². The Labute approximate surface area is 96.2 Å². The predicted octanol–water partition coefficient (Wildman–Crippen LogP) is 1.74. The molecule has 0 radical (unpaired) electrons. The first-order valence-corrected chi connectivity index (χ1v) is 6.36. The fourth-order valence-electron chi connectivity index (χ4n) is 4.70. The lowest BCUT2D eigenvalue weighted by molar-refractivity contribution is -0.155. The Bertz CT molecular complexity index is 327. The number of aliphatic hydroxyl groups excluding tert-OH is 1. The van der Waals surface area contributed by atoms with Crippen LogP contribution >= 0.6 is 0 Å². The van der Waals surface area contributed by atoms with Crippen LogP contribution in [0.25, 0.3) is 0 Å². The minimum absolute atomic E-state index is 0.0917. The summed E-state index contributed by atoms with van der Waals surface area (Å²) >= 11 is 0. The molecule has 3 rings (SSSR count). The minimum atomic E-state index is -0.262. The number of rotatable bonds is 1. The van der Waals surface area contributed by atoms with Crippen LogP contribution in [-0.2, 0) is 9.53 Å². The molecule has 3 fully saturated rings. The normalized spacial score (nSPS) is 54.1. The van der Waals surface area contributed by atoms with Gasteiger partial charge in [-0.1, -0.05) is 0 Å². The molecule has 0 heterocycles. The topological polar surface area (TPSA) is 46.5 Å². The molecule has 1 N–H and O–H groups in total. The van der Waals surface area contributed by atoms with Gasteiger partial charge in [0.1, 0.15) is 5.60 Å². The Hall–Kier alpha value is -0.570. The lowest BCUT2D eigenvalue weighted by atomic mass is 9.80. The van der Waals surface area contributed by atoms with Crippen LogP contribution in [0, 0.1) is 23.7 Å². The standard InChI is InChI=1S/C13H20O3/c1-7(14)16-13(2)5-10-8-3-9(11(10)6-13)12(15)4-8/h8-12,15H,3-6H2,1-2H3. The molecule has 2 bridgehead atoms. The molecule has 0 aromatic carbocycles. The molecule has 0 aromatic heterocycles. The molecular formula is C13H20O3. The molecule has 0 amide bonds. The van der Waals surface area contributed by atoms with E-state index in [2.05, 4.69) is 6.92 Å². The second-order valence-electron chi connectivity index (χ2n) is 6.24. The van der Waals surface area contributed by atoms with E-state index in [0.717, 1.165) is 19.3 Å². The molecule has 0 saturated heterocycles. The first-order valence-electron chi connectivity index (χ1n) is 6.36. The fourth-order valence-corrected chi connectivity index (χ4v) is 4.70. The fraction of sp³-hybridized carbons (Fsp3) is 0.923. The Balaban J connectivity index is 1.77. The SMILES string of the molecule is CC(=O)OC1(C)CC2C3CC(O)C(C3)C2C1. The van der Waals surface area contributed by atoms with Crippen LogP contribution in [0.4, 0.5) is 0 Å². The molecule has 0 aromatic rings. The summed E-state index contributed by atoms with van der Waals surface area (Å²) in [5.41, 5.74) is -0.262. The molecule has 3 aliphatic carbocycles. The third kappa shape index (κ3) is 1.41. The van der Waals surface area contributed by atoms with E-state index in [1.165, 1.54) is 13.3 Å². The molecule has 90 valence electrons. The lowest BCUT2D eigenvalue weighted by Crippen LogP contribution is -2.29. The maximum Gasteiger partial charge on any atom is 0.303 e. The van der Waals surface area contributed by atoms with E-state index in [1.807, 2.05) is 0 Å². The van der Waals surface area contributed by atoms with Gasteiger partial charge in [0.25, 0.3) is 0 Å². The van der Waals surface area contributed by atoms with E-state index >= 15 is 0 Å². The van der Waals surface area contributed by atoms with E-state index in [9.17, 15) is 9.90 Å². The van der Waals surface area contributed by atoms with Crippen molar-refractivity contribution in [2.24, 2.45) is 23.7 Å². The van der Waals surface area contributed by atoms with Crippen LogP contribution in [0.3, 0.4) is 0 Å². The summed E-state index contributed by atoms with van der Waals surface area (Å²) in [7, 11) is 0. The summed E-state index contributed by atoms with van der Waals surface area (Å²) in [5.74, 6) is 2.28. The molecule has 0 spiro atoms. The quantitative estimate of drug-likeness (QED) is 0.690. The van der Waals surface area contributed by atoms with Crippen LogP contribution in [0.5, 0.6) is 0 Å². The van der Waals surface area contributed by atoms with Crippen molar-refractivity contribution < 1.29 is 14.6 Å². The molecular weight excluding hydrogens is 204 g/mol. The highest BCUT2D eigenvalue weighted by Gasteiger charge is 2.59. The average Bonchev–Trinajstić information content (AvgIpc) is 2.71. The van der Waals surface area contributed by atoms with Crippen LogP contribution in [-0.4, -0.2) is 22.8 Å². The summed E-state index contributed by atoms with van der Waals surface area (Å²) in [6.07, 6.45) is 4.04. The summed E-state index contributed by atoms with van der Waals surface area (Å²) in [4.78, 5) is 11.1. The Morgan fingerprint density at radius 1 is 1.25 bits per heavy atom. The highest BCUT2D eigenvalue weighted by atomic mass is 16.6. The predicted molar refractivity (Wildman–Crippen MR) is 58.6 cm³/mol. The van der Waals surface area contributed by atoms with Crippen LogP contribution < -0.4 is 0 Å². The summed E-state index contributed by atoms with van der Waals surface area (Å²) < 4.78 is 5.47. The van der Waals surface area contributed by atoms with Gasteiger partial charge in [-0.05, 0) is 56.3 Å². The van der Waals surface area contributed by atoms with Gasteiger partial charge in [0.05, 0.1) is 6.10 Å². The van der Waals surface area contributed by atoms with Crippen molar-refractivity contribution in [3.8, 4) is 0 Å². The maximum atomic E-state index is 11.1. The third-order valence-corrected chi connectivity index (χ3v) is 5.04. The largest absolute Gasteiger partial charge is 0.460 e. The summed E-state index contributed by atoms with van der Waals surface area (Å²) in [6, 6.07) is 0. The van der Waals surface area contributed by atoms with E-state index in [4.69, 9.17) is 4.74 Å². The smallest absolute Gasteiger partial charge is 0.303 e. The zero-order valence-electron chi connectivity index (χ0n) is 9.98. The van der Waals surface area contributed by atoms with Gasteiger partial charge in [0, 0.05) is 6.92 Å². The number of esters is 1. The maximum absolute atomic E-state index is 11.1. The highest BCUT2D eigenvalue weighted by molar-refractivity contribution is 5.66. The number of hydrogen-bond donors (Lipinski definition) is 1. The van der Waals surface area contributed by atoms with Crippen molar-refractivity contribution in [3.05, 3.63) is 0 Å². The van der Waals surface area contributed by atoms with Crippen LogP contribution in [0.2, 0.25) is 0 Å². The highest BCUT2D eigenvalue weighted by Crippen LogP contribution is 2.61. The molecule has 3 nitrogen and oxygen atoms in total. The number of hydrogen-bond acceptors (Lipinski definition) is 3. The van der Waals surface area contributed by atoms with Gasteiger partial charge < -0.3 is 9.84 Å². The van der Waals surface area contributed by atoms with Crippen molar-refractivity contribution in [1.82, 2.24) is 0 Å². The van der Waals surface area contributed by atoms with Gasteiger partial charge in [-0.25, -0.2) is 0 Å². The number of carbonyl (C=O) groups excluding carboxylic acids is 1. The van der Waals surface area contributed by atoms with Crippen LogP contribution in [0.1, 0.15) is 39.5 Å². The van der Waals surface area contributed by atoms with Gasteiger partial charge in [-0.2, -0.15) is 0 Å². The third-order valence-electron chi connectivity index (χ3n) is 5.04. The molecule has 6 unspecified atom stereocenters. The Kier molecular flexibility index (Phi) is 2.13. The van der Waals surface area contributed by atoms with E-state index in [-0.39, 0.29) is 17.7 Å². The second-order valence-corrected chi connectivity index (χ2v) is 6.24. The van der Waals surface area contributed by atoms with Crippen molar-refractivity contribution >= 4 is 5.97 Å². The van der Waals surface area contributed by atoms with Gasteiger partial charge in [0.2, 0.25) is 0 Å². The molecule has 3 heteroatoms. The number of carbonyl (C=O) groups is 1. The second kappa shape index (κ2) is 3.22. The first kappa shape index (κ1) is 10.6. The summed E-state index contributed by atoms with van der Waals surface area (Å²) in [5, 5.41) is 9.91. The van der Waals surface area contributed by atoms with Crippen molar-refractivity contribution in [2.75, 3.05) is 0 Å². The monoisotopic (exact) mass is 224 g/mol. The molecule has 16 heavy (non-hydrogen) atoms. The summed E-state index contributed by atoms with van der Waals surface area (Å²) in [6.45, 7) is 3.54.